The number of nitrogens with one attached hydrogen (secondary N) is 2. The molecule has 0 saturated heterocycles. The largest absolute Gasteiger partial charge is 0.298 e. The second-order valence-corrected chi connectivity index (χ2v) is 6.08. The van der Waals surface area contributed by atoms with E-state index in [1.54, 1.807) is 0 Å². The van der Waals surface area contributed by atoms with Crippen LogP contribution in [0.3, 0.4) is 0 Å². The first-order valence-corrected chi connectivity index (χ1v) is 8.35. The molecule has 1 aromatic heterocycles. The van der Waals surface area contributed by atoms with Gasteiger partial charge in [0.25, 0.3) is 5.91 Å². The number of carbonyl (C=O) groups excluding carboxylic acids is 1. The van der Waals surface area contributed by atoms with E-state index >= 15 is 0 Å². The van der Waals surface area contributed by atoms with E-state index in [-0.39, 0.29) is 5.91 Å². The number of hydrogen-bond donors (Lipinski definition) is 2. The first kappa shape index (κ1) is 14.7. The van der Waals surface area contributed by atoms with Crippen molar-refractivity contribution < 1.29 is 4.79 Å². The van der Waals surface area contributed by atoms with Crippen molar-refractivity contribution in [1.29, 1.82) is 0 Å². The van der Waals surface area contributed by atoms with Gasteiger partial charge in [-0.05, 0) is 49.4 Å². The molecule has 4 heteroatoms. The molecule has 0 unspecified atom stereocenters. The van der Waals surface area contributed by atoms with E-state index in [2.05, 4.69) is 10.9 Å². The maximum Gasteiger partial charge on any atom is 0.270 e. The zero-order valence-electron chi connectivity index (χ0n) is 13.4. The molecule has 0 fully saturated rings. The summed E-state index contributed by atoms with van der Waals surface area (Å²) in [6, 6.07) is 17.5. The molecule has 1 amide bonds. The fourth-order valence-electron chi connectivity index (χ4n) is 3.34. The molecule has 2 aromatic carbocycles. The molecule has 1 aliphatic rings. The van der Waals surface area contributed by atoms with E-state index in [0.29, 0.717) is 0 Å². The van der Waals surface area contributed by atoms with Gasteiger partial charge in [-0.25, -0.2) is 0 Å². The Hall–Kier alpha value is -2.88. The lowest BCUT2D eigenvalue weighted by molar-refractivity contribution is 0.0963. The highest BCUT2D eigenvalue weighted by atomic mass is 16.2. The van der Waals surface area contributed by atoms with Gasteiger partial charge in [0.15, 0.2) is 0 Å². The Morgan fingerprint density at radius 1 is 0.917 bits per heavy atom. The standard InChI is InChI=1S/C20H19N3O/c24-20(23-22-14-8-2-1-3-9-14)19-15-10-4-6-12-17(15)21-18-13-7-5-11-16(18)19/h1-4,6,8-10,12,22H,5,7,11,13H2,(H,23,24). The molecule has 4 nitrogen and oxygen atoms in total. The van der Waals surface area contributed by atoms with E-state index < -0.39 is 0 Å². The number of fused-ring (bicyclic) bond motifs is 2. The number of aryl methyl sites for hydroxylation is 1. The highest BCUT2D eigenvalue weighted by molar-refractivity contribution is 6.08. The molecular weight excluding hydrogens is 298 g/mol. The van der Waals surface area contributed by atoms with Crippen LogP contribution in [0.25, 0.3) is 10.9 Å². The van der Waals surface area contributed by atoms with Crippen molar-refractivity contribution >= 4 is 22.5 Å². The maximum absolute atomic E-state index is 12.9. The van der Waals surface area contributed by atoms with E-state index in [1.165, 1.54) is 0 Å². The van der Waals surface area contributed by atoms with Crippen LogP contribution in [0.2, 0.25) is 0 Å². The van der Waals surface area contributed by atoms with Crippen LogP contribution >= 0.6 is 0 Å². The molecule has 120 valence electrons. The van der Waals surface area contributed by atoms with Gasteiger partial charge in [0.2, 0.25) is 0 Å². The number of hydrogen-bond acceptors (Lipinski definition) is 3. The Morgan fingerprint density at radius 3 is 2.54 bits per heavy atom. The molecule has 24 heavy (non-hydrogen) atoms. The third-order valence-corrected chi connectivity index (χ3v) is 4.49. The van der Waals surface area contributed by atoms with Crippen LogP contribution in [0.4, 0.5) is 5.69 Å². The lowest BCUT2D eigenvalue weighted by Crippen LogP contribution is -2.31. The van der Waals surface area contributed by atoms with Crippen molar-refractivity contribution in [2.45, 2.75) is 25.7 Å². The first-order chi connectivity index (χ1) is 11.8. The van der Waals surface area contributed by atoms with Crippen molar-refractivity contribution in [2.24, 2.45) is 0 Å². The van der Waals surface area contributed by atoms with E-state index in [9.17, 15) is 4.79 Å². The zero-order valence-corrected chi connectivity index (χ0v) is 13.4. The quantitative estimate of drug-likeness (QED) is 0.721. The van der Waals surface area contributed by atoms with E-state index in [0.717, 1.165) is 59.1 Å². The van der Waals surface area contributed by atoms with Crippen LogP contribution in [0.5, 0.6) is 0 Å². The van der Waals surface area contributed by atoms with Gasteiger partial charge < -0.3 is 0 Å². The summed E-state index contributed by atoms with van der Waals surface area (Å²) >= 11 is 0. The van der Waals surface area contributed by atoms with Gasteiger partial charge in [0.1, 0.15) is 0 Å². The van der Waals surface area contributed by atoms with Crippen molar-refractivity contribution in [2.75, 3.05) is 5.43 Å². The highest BCUT2D eigenvalue weighted by Crippen LogP contribution is 2.29. The van der Waals surface area contributed by atoms with Gasteiger partial charge in [0, 0.05) is 11.1 Å². The predicted octanol–water partition coefficient (Wildman–Crippen LogP) is 3.87. The number of rotatable bonds is 3. The average Bonchev–Trinajstić information content (AvgIpc) is 2.65. The zero-order chi connectivity index (χ0) is 16.4. The molecule has 0 aliphatic heterocycles. The normalized spacial score (nSPS) is 13.3. The topological polar surface area (TPSA) is 54.0 Å². The van der Waals surface area contributed by atoms with Crippen LogP contribution in [0.15, 0.2) is 54.6 Å². The van der Waals surface area contributed by atoms with Crippen molar-refractivity contribution in [3.63, 3.8) is 0 Å². The number of amides is 1. The SMILES string of the molecule is O=C(NNc1ccccc1)c1c2c(nc3ccccc13)CCCC2. The summed E-state index contributed by atoms with van der Waals surface area (Å²) in [7, 11) is 0. The Bertz CT molecular complexity index is 890. The number of aromatic nitrogens is 1. The van der Waals surface area contributed by atoms with Gasteiger partial charge in [-0.2, -0.15) is 0 Å². The number of pyridine rings is 1. The molecule has 0 bridgehead atoms. The number of carbonyl (C=O) groups is 1. The van der Waals surface area contributed by atoms with Gasteiger partial charge in [-0.15, -0.1) is 0 Å². The summed E-state index contributed by atoms with van der Waals surface area (Å²) in [4.78, 5) is 17.7. The summed E-state index contributed by atoms with van der Waals surface area (Å²) < 4.78 is 0. The molecule has 3 aromatic rings. The van der Waals surface area contributed by atoms with Crippen molar-refractivity contribution in [1.82, 2.24) is 10.4 Å². The molecule has 1 aliphatic carbocycles. The Kier molecular flexibility index (Phi) is 3.87. The number of anilines is 1. The Balaban J connectivity index is 1.73. The van der Waals surface area contributed by atoms with E-state index in [1.807, 2.05) is 54.6 Å². The summed E-state index contributed by atoms with van der Waals surface area (Å²) in [5.74, 6) is -0.101. The molecule has 0 atom stereocenters. The summed E-state index contributed by atoms with van der Waals surface area (Å²) in [5, 5.41) is 0.922. The second-order valence-electron chi connectivity index (χ2n) is 6.08. The molecule has 0 spiro atoms. The summed E-state index contributed by atoms with van der Waals surface area (Å²) in [5.41, 5.74) is 10.5. The van der Waals surface area contributed by atoms with Crippen LogP contribution in [-0.2, 0) is 12.8 Å². The third-order valence-electron chi connectivity index (χ3n) is 4.49. The van der Waals surface area contributed by atoms with Crippen LogP contribution in [0, 0.1) is 0 Å². The summed E-state index contributed by atoms with van der Waals surface area (Å²) in [6.07, 6.45) is 4.12. The van der Waals surface area contributed by atoms with Crippen molar-refractivity contribution in [3.8, 4) is 0 Å². The minimum absolute atomic E-state index is 0.101. The first-order valence-electron chi connectivity index (χ1n) is 8.35. The Labute approximate surface area is 140 Å². The van der Waals surface area contributed by atoms with Gasteiger partial charge >= 0.3 is 0 Å². The molecule has 1 heterocycles. The lowest BCUT2D eigenvalue weighted by Gasteiger charge is -2.20. The molecular formula is C20H19N3O. The second kappa shape index (κ2) is 6.32. The smallest absolute Gasteiger partial charge is 0.270 e. The third kappa shape index (κ3) is 2.71. The minimum atomic E-state index is -0.101. The molecule has 0 radical (unpaired) electrons. The van der Waals surface area contributed by atoms with Gasteiger partial charge in [-0.1, -0.05) is 36.4 Å². The predicted molar refractivity (Wildman–Crippen MR) is 95.9 cm³/mol. The average molecular weight is 317 g/mol. The number of hydrazine groups is 1. The lowest BCUT2D eigenvalue weighted by atomic mass is 9.89. The van der Waals surface area contributed by atoms with Crippen LogP contribution in [0.1, 0.15) is 34.5 Å². The number of nitrogens with zero attached hydrogens (tertiary/aromatic N) is 1. The monoisotopic (exact) mass is 317 g/mol. The fourth-order valence-corrected chi connectivity index (χ4v) is 3.34. The minimum Gasteiger partial charge on any atom is -0.298 e. The van der Waals surface area contributed by atoms with Crippen LogP contribution in [-0.4, -0.2) is 10.9 Å². The molecule has 2 N–H and O–H groups in total. The Morgan fingerprint density at radius 2 is 1.67 bits per heavy atom. The van der Waals surface area contributed by atoms with E-state index in [4.69, 9.17) is 4.98 Å². The van der Waals surface area contributed by atoms with Crippen LogP contribution < -0.4 is 10.9 Å². The fraction of sp³-hybridized carbons (Fsp3) is 0.200. The van der Waals surface area contributed by atoms with Crippen molar-refractivity contribution in [3.05, 3.63) is 71.4 Å². The van der Waals surface area contributed by atoms with Gasteiger partial charge in [-0.3, -0.25) is 20.6 Å². The highest BCUT2D eigenvalue weighted by Gasteiger charge is 2.22. The molecule has 4 rings (SSSR count). The van der Waals surface area contributed by atoms with Gasteiger partial charge in [0.05, 0.1) is 16.8 Å². The maximum atomic E-state index is 12.9. The molecule has 0 saturated carbocycles. The summed E-state index contributed by atoms with van der Waals surface area (Å²) in [6.45, 7) is 0. The number of para-hydroxylation sites is 2. The number of benzene rings is 2.